The number of hydrogen-bond acceptors (Lipinski definition) is 8. The predicted molar refractivity (Wildman–Crippen MR) is 166 cm³/mol. The number of ether oxygens (including phenoxy) is 1. The van der Waals surface area contributed by atoms with E-state index in [0.717, 1.165) is 19.1 Å². The van der Waals surface area contributed by atoms with Gasteiger partial charge >= 0.3 is 5.97 Å². The molecule has 240 valence electrons. The molecule has 1 aliphatic carbocycles. The first-order valence-electron chi connectivity index (χ1n) is 14.5. The third kappa shape index (κ3) is 7.36. The number of benzene rings is 2. The van der Waals surface area contributed by atoms with E-state index >= 15 is 0 Å². The summed E-state index contributed by atoms with van der Waals surface area (Å²) in [5, 5.41) is 0.617. The van der Waals surface area contributed by atoms with Crippen molar-refractivity contribution in [2.24, 2.45) is 0 Å². The Bertz CT molecular complexity index is 1700. The van der Waals surface area contributed by atoms with Gasteiger partial charge in [-0.25, -0.2) is 23.4 Å². The normalized spacial score (nSPS) is 21.7. The zero-order chi connectivity index (χ0) is 32.3. The summed E-state index contributed by atoms with van der Waals surface area (Å²) in [5.41, 5.74) is 3.73. The Hall–Kier alpha value is -3.42. The van der Waals surface area contributed by atoms with Gasteiger partial charge < -0.3 is 14.1 Å². The van der Waals surface area contributed by atoms with Crippen LogP contribution in [0.25, 0.3) is 0 Å². The number of rotatable bonds is 10. The lowest BCUT2D eigenvalue weighted by Crippen LogP contribution is -2.59. The van der Waals surface area contributed by atoms with Gasteiger partial charge in [-0.3, -0.25) is 14.4 Å². The van der Waals surface area contributed by atoms with Crippen molar-refractivity contribution in [1.82, 2.24) is 15.1 Å². The molecule has 1 saturated carbocycles. The summed E-state index contributed by atoms with van der Waals surface area (Å²) in [5.74, 6) is -2.28. The number of nitrogens with zero attached hydrogens (tertiary/aromatic N) is 1. The van der Waals surface area contributed by atoms with Crippen molar-refractivity contribution in [3.8, 4) is 0 Å². The summed E-state index contributed by atoms with van der Waals surface area (Å²) >= 11 is 13.0. The summed E-state index contributed by atoms with van der Waals surface area (Å²) in [6, 6.07) is 12.5. The predicted octanol–water partition coefficient (Wildman–Crippen LogP) is 5.15. The van der Waals surface area contributed by atoms with E-state index in [1.54, 1.807) is 48.2 Å². The number of nitrogens with one attached hydrogen (secondary N) is 2. The minimum Gasteiger partial charge on any atom is -0.460 e. The molecule has 0 saturated heterocycles. The average molecular weight is 679 g/mol. The molecular formula is C31H33Cl2N3O8S. The van der Waals surface area contributed by atoms with Crippen LogP contribution in [0.15, 0.2) is 59.0 Å². The van der Waals surface area contributed by atoms with Crippen molar-refractivity contribution >= 4 is 51.0 Å². The van der Waals surface area contributed by atoms with E-state index in [9.17, 15) is 22.8 Å². The Balaban J connectivity index is 1.52. The molecule has 2 N–H and O–H groups in total. The number of carbonyl (C=O) groups is 3. The van der Waals surface area contributed by atoms with Gasteiger partial charge in [-0.05, 0) is 61.2 Å². The molecule has 0 bridgehead atoms. The van der Waals surface area contributed by atoms with Crippen LogP contribution in [0.2, 0.25) is 10.0 Å². The lowest BCUT2D eigenvalue weighted by Gasteiger charge is -2.49. The van der Waals surface area contributed by atoms with Crippen LogP contribution in [-0.4, -0.2) is 56.0 Å². The first-order chi connectivity index (χ1) is 21.5. The topological polar surface area (TPSA) is 144 Å². The Labute approximate surface area is 271 Å². The molecule has 3 aromatic rings. The van der Waals surface area contributed by atoms with E-state index in [2.05, 4.69) is 10.2 Å². The molecule has 2 heterocycles. The number of hydroxylamine groups is 1. The van der Waals surface area contributed by atoms with E-state index in [-0.39, 0.29) is 35.7 Å². The lowest BCUT2D eigenvalue weighted by atomic mass is 9.76. The van der Waals surface area contributed by atoms with Gasteiger partial charge in [0.2, 0.25) is 15.8 Å². The minimum atomic E-state index is -3.61. The molecule has 0 spiro atoms. The molecule has 14 heteroatoms. The summed E-state index contributed by atoms with van der Waals surface area (Å²) in [6.45, 7) is 1.67. The highest BCUT2D eigenvalue weighted by Crippen LogP contribution is 2.47. The van der Waals surface area contributed by atoms with Crippen LogP contribution < -0.4 is 10.2 Å². The summed E-state index contributed by atoms with van der Waals surface area (Å²) in [7, 11) is -3.61. The van der Waals surface area contributed by atoms with E-state index < -0.39 is 45.9 Å². The minimum absolute atomic E-state index is 0.000628. The number of esters is 1. The smallest absolute Gasteiger partial charge is 0.374 e. The number of hydrogen-bond donors (Lipinski definition) is 2. The zero-order valence-corrected chi connectivity index (χ0v) is 27.0. The van der Waals surface area contributed by atoms with E-state index in [1.807, 2.05) is 0 Å². The highest BCUT2D eigenvalue weighted by atomic mass is 35.5. The fourth-order valence-electron chi connectivity index (χ4n) is 6.14. The van der Waals surface area contributed by atoms with Crippen molar-refractivity contribution < 1.29 is 36.8 Å². The summed E-state index contributed by atoms with van der Waals surface area (Å²) < 4.78 is 37.9. The van der Waals surface area contributed by atoms with Gasteiger partial charge in [0.25, 0.3) is 11.8 Å². The largest absolute Gasteiger partial charge is 0.460 e. The molecule has 11 nitrogen and oxygen atoms in total. The molecule has 1 aliphatic heterocycles. The van der Waals surface area contributed by atoms with Crippen molar-refractivity contribution in [2.75, 3.05) is 12.9 Å². The number of carbonyl (C=O) groups excluding carboxylic acids is 3. The highest BCUT2D eigenvalue weighted by Gasteiger charge is 2.49. The Kier molecular flexibility index (Phi) is 10.2. The zero-order valence-electron chi connectivity index (χ0n) is 24.6. The molecule has 0 unspecified atom stereocenters. The fraction of sp³-hybridized carbons (Fsp3) is 0.387. The van der Waals surface area contributed by atoms with Crippen LogP contribution in [-0.2, 0) is 31.0 Å². The number of furan rings is 1. The van der Waals surface area contributed by atoms with Gasteiger partial charge in [0.1, 0.15) is 12.4 Å². The number of fused-ring (bicyclic) bond motifs is 1. The molecule has 2 aliphatic rings. The van der Waals surface area contributed by atoms with E-state index in [4.69, 9.17) is 37.2 Å². The van der Waals surface area contributed by atoms with Crippen molar-refractivity contribution in [2.45, 2.75) is 63.3 Å². The first-order valence-corrected chi connectivity index (χ1v) is 17.1. The first kappa shape index (κ1) is 33.0. The number of amides is 2. The Morgan fingerprint density at radius 2 is 1.80 bits per heavy atom. The van der Waals surface area contributed by atoms with Gasteiger partial charge in [-0.2, -0.15) is 0 Å². The van der Waals surface area contributed by atoms with Crippen molar-refractivity contribution in [3.63, 3.8) is 0 Å². The third-order valence-corrected chi connectivity index (χ3v) is 9.21. The van der Waals surface area contributed by atoms with E-state index in [0.29, 0.717) is 34.6 Å². The van der Waals surface area contributed by atoms with E-state index in [1.165, 1.54) is 18.2 Å². The van der Waals surface area contributed by atoms with Gasteiger partial charge in [-0.1, -0.05) is 60.3 Å². The number of halogens is 2. The molecule has 45 heavy (non-hydrogen) atoms. The second-order valence-electron chi connectivity index (χ2n) is 11.0. The van der Waals surface area contributed by atoms with Gasteiger partial charge in [0.15, 0.2) is 0 Å². The fourth-order valence-corrected chi connectivity index (χ4v) is 7.48. The highest BCUT2D eigenvalue weighted by molar-refractivity contribution is 7.88. The summed E-state index contributed by atoms with van der Waals surface area (Å²) in [6.07, 6.45) is 3.64. The Morgan fingerprint density at radius 1 is 1.04 bits per heavy atom. The van der Waals surface area contributed by atoms with Crippen LogP contribution in [0.5, 0.6) is 0 Å². The van der Waals surface area contributed by atoms with Crippen LogP contribution in [0.1, 0.15) is 82.4 Å². The van der Waals surface area contributed by atoms with Crippen molar-refractivity contribution in [1.29, 1.82) is 0 Å². The molecule has 1 fully saturated rings. The maximum Gasteiger partial charge on any atom is 0.374 e. The molecule has 5 rings (SSSR count). The van der Waals surface area contributed by atoms with Gasteiger partial charge in [0, 0.05) is 27.7 Å². The summed E-state index contributed by atoms with van der Waals surface area (Å²) in [4.78, 5) is 47.5. The lowest BCUT2D eigenvalue weighted by molar-refractivity contribution is -0.138. The second-order valence-corrected chi connectivity index (χ2v) is 13.6. The SMILES string of the molecule is CCOC(=O)c1ccc(CONC(=O)[C@@H]2c3ccccc3C(=O)N([C@H]3CCCC[C@@H]3NS(C)(=O)=O)[C@H]2c2ccc(Cl)cc2Cl)o1. The quantitative estimate of drug-likeness (QED) is 0.221. The van der Waals surface area contributed by atoms with Gasteiger partial charge in [-0.15, -0.1) is 0 Å². The van der Waals surface area contributed by atoms with Crippen LogP contribution in [0.3, 0.4) is 0 Å². The molecule has 0 radical (unpaired) electrons. The average Bonchev–Trinajstić information content (AvgIpc) is 3.46. The maximum atomic E-state index is 14.3. The van der Waals surface area contributed by atoms with Crippen LogP contribution in [0, 0.1) is 0 Å². The molecule has 1 aromatic heterocycles. The third-order valence-electron chi connectivity index (χ3n) is 7.92. The number of sulfonamides is 1. The van der Waals surface area contributed by atoms with Crippen molar-refractivity contribution in [3.05, 3.63) is 92.9 Å². The molecule has 2 aromatic carbocycles. The molecular weight excluding hydrogens is 645 g/mol. The Morgan fingerprint density at radius 3 is 2.53 bits per heavy atom. The monoisotopic (exact) mass is 677 g/mol. The van der Waals surface area contributed by atoms with Crippen LogP contribution in [0.4, 0.5) is 0 Å². The molecule has 4 atom stereocenters. The second kappa shape index (κ2) is 13.9. The standard InChI is InChI=1S/C31H33Cl2N3O8S/c1-3-42-31(39)26-15-13-19(44-26)17-43-34-29(37)27-20-8-4-5-9-21(20)30(38)36(28(27)22-14-12-18(32)16-23(22)33)25-11-7-6-10-24(25)35-45(2,40)41/h4-5,8-9,12-16,24-25,27-28,35H,3,6-7,10-11,17H2,1-2H3,(H,34,37)/t24-,25-,27+,28-/m0/s1. The van der Waals surface area contributed by atoms with Crippen LogP contribution >= 0.6 is 23.2 Å². The maximum absolute atomic E-state index is 14.3. The van der Waals surface area contributed by atoms with Gasteiger partial charge in [0.05, 0.1) is 24.8 Å². The molecule has 2 amide bonds.